The van der Waals surface area contributed by atoms with Gasteiger partial charge in [0.2, 0.25) is 0 Å². The van der Waals surface area contributed by atoms with Gasteiger partial charge in [-0.05, 0) is 27.7 Å². The van der Waals surface area contributed by atoms with E-state index in [0.717, 1.165) is 6.54 Å². The van der Waals surface area contributed by atoms with Gasteiger partial charge in [-0.15, -0.1) is 5.92 Å². The van der Waals surface area contributed by atoms with E-state index in [2.05, 4.69) is 43.0 Å². The topological polar surface area (TPSA) is 29.9 Å². The second-order valence-corrected chi connectivity index (χ2v) is 4.58. The fraction of sp³-hybridized carbons (Fsp3) is 0.583. The lowest BCUT2D eigenvalue weighted by molar-refractivity contribution is 0.424. The molecule has 0 bridgehead atoms. The molecule has 0 aliphatic carbocycles. The fourth-order valence-electron chi connectivity index (χ4n) is 1.11. The molecule has 0 saturated heterocycles. The van der Waals surface area contributed by atoms with Crippen molar-refractivity contribution in [3.05, 3.63) is 18.0 Å². The zero-order valence-electron chi connectivity index (χ0n) is 9.96. The van der Waals surface area contributed by atoms with Crippen LogP contribution in [0.1, 0.15) is 33.3 Å². The van der Waals surface area contributed by atoms with Gasteiger partial charge < -0.3 is 5.32 Å². The molecule has 0 unspecified atom stereocenters. The van der Waals surface area contributed by atoms with Crippen molar-refractivity contribution in [2.24, 2.45) is 0 Å². The summed E-state index contributed by atoms with van der Waals surface area (Å²) >= 11 is 0. The summed E-state index contributed by atoms with van der Waals surface area (Å²) in [5.41, 5.74) is 1.34. The first-order chi connectivity index (χ1) is 7.01. The van der Waals surface area contributed by atoms with Crippen LogP contribution >= 0.6 is 0 Å². The number of nitrogens with zero attached hydrogens (tertiary/aromatic N) is 2. The first kappa shape index (κ1) is 11.8. The molecule has 1 rings (SSSR count). The van der Waals surface area contributed by atoms with Gasteiger partial charge in [-0.2, -0.15) is 5.10 Å². The van der Waals surface area contributed by atoms with E-state index in [9.17, 15) is 0 Å². The van der Waals surface area contributed by atoms with E-state index in [0.29, 0.717) is 6.54 Å². The summed E-state index contributed by atoms with van der Waals surface area (Å²) in [6.07, 6.45) is 3.92. The maximum absolute atomic E-state index is 4.23. The monoisotopic (exact) mass is 205 g/mol. The lowest BCUT2D eigenvalue weighted by Crippen LogP contribution is -2.34. The van der Waals surface area contributed by atoms with E-state index in [4.69, 9.17) is 0 Å². The van der Waals surface area contributed by atoms with Gasteiger partial charge in [-0.3, -0.25) is 4.68 Å². The molecule has 0 atom stereocenters. The highest BCUT2D eigenvalue weighted by atomic mass is 15.3. The predicted molar refractivity (Wildman–Crippen MR) is 62.3 cm³/mol. The Bertz CT molecular complexity index is 360. The number of rotatable bonds is 3. The highest BCUT2D eigenvalue weighted by molar-refractivity contribution is 5.06. The van der Waals surface area contributed by atoms with Gasteiger partial charge >= 0.3 is 0 Å². The van der Waals surface area contributed by atoms with Crippen LogP contribution in [0.4, 0.5) is 0 Å². The molecule has 1 aromatic heterocycles. The molecule has 0 aliphatic heterocycles. The quantitative estimate of drug-likeness (QED) is 0.762. The van der Waals surface area contributed by atoms with E-state index in [-0.39, 0.29) is 5.54 Å². The lowest BCUT2D eigenvalue weighted by Gasteiger charge is -2.19. The largest absolute Gasteiger partial charge is 0.308 e. The highest BCUT2D eigenvalue weighted by Gasteiger charge is 2.08. The van der Waals surface area contributed by atoms with Gasteiger partial charge in [0, 0.05) is 23.8 Å². The molecule has 0 spiro atoms. The molecule has 1 aromatic rings. The average Bonchev–Trinajstić information content (AvgIpc) is 2.58. The molecule has 0 amide bonds. The second kappa shape index (κ2) is 4.99. The summed E-state index contributed by atoms with van der Waals surface area (Å²) in [5, 5.41) is 7.65. The van der Waals surface area contributed by atoms with Crippen molar-refractivity contribution >= 4 is 0 Å². The van der Waals surface area contributed by atoms with Crippen LogP contribution in [-0.4, -0.2) is 15.3 Å². The van der Waals surface area contributed by atoms with Crippen molar-refractivity contribution < 1.29 is 0 Å². The minimum atomic E-state index is 0.144. The Morgan fingerprint density at radius 3 is 2.80 bits per heavy atom. The molecule has 0 aromatic carbocycles. The highest BCUT2D eigenvalue weighted by Crippen LogP contribution is 2.03. The van der Waals surface area contributed by atoms with Crippen molar-refractivity contribution in [1.29, 1.82) is 0 Å². The normalized spacial score (nSPS) is 10.9. The van der Waals surface area contributed by atoms with Crippen molar-refractivity contribution in [1.82, 2.24) is 15.1 Å². The Labute approximate surface area is 91.9 Å². The number of hydrogen-bond donors (Lipinski definition) is 1. The van der Waals surface area contributed by atoms with E-state index >= 15 is 0 Å². The molecule has 0 radical (unpaired) electrons. The smallest absolute Gasteiger partial charge is 0.102 e. The molecule has 3 nitrogen and oxygen atoms in total. The summed E-state index contributed by atoms with van der Waals surface area (Å²) in [6, 6.07) is 0. The van der Waals surface area contributed by atoms with Crippen LogP contribution in [0.15, 0.2) is 12.4 Å². The van der Waals surface area contributed by atoms with Crippen LogP contribution in [-0.2, 0) is 13.1 Å². The van der Waals surface area contributed by atoms with Gasteiger partial charge in [-0.25, -0.2) is 0 Å². The molecule has 0 fully saturated rings. The molecule has 3 heteroatoms. The van der Waals surface area contributed by atoms with Crippen LogP contribution in [0.25, 0.3) is 0 Å². The molecule has 82 valence electrons. The van der Waals surface area contributed by atoms with Crippen LogP contribution < -0.4 is 5.32 Å². The number of nitrogens with one attached hydrogen (secondary N) is 1. The third kappa shape index (κ3) is 4.66. The molecule has 15 heavy (non-hydrogen) atoms. The SMILES string of the molecule is CC#CCn1cc(CNC(C)(C)C)cn1. The van der Waals surface area contributed by atoms with Crippen molar-refractivity contribution in [2.75, 3.05) is 0 Å². The molecule has 1 N–H and O–H groups in total. The first-order valence-corrected chi connectivity index (χ1v) is 5.17. The maximum atomic E-state index is 4.23. The Hall–Kier alpha value is -1.27. The molecule has 1 heterocycles. The summed E-state index contributed by atoms with van der Waals surface area (Å²) in [7, 11) is 0. The van der Waals surface area contributed by atoms with Crippen molar-refractivity contribution in [3.8, 4) is 11.8 Å². The predicted octanol–water partition coefficient (Wildman–Crippen LogP) is 1.79. The van der Waals surface area contributed by atoms with E-state index in [1.165, 1.54) is 5.56 Å². The average molecular weight is 205 g/mol. The maximum Gasteiger partial charge on any atom is 0.102 e. The van der Waals surface area contributed by atoms with E-state index in [1.807, 2.05) is 24.0 Å². The molecule has 0 saturated carbocycles. The Balaban J connectivity index is 2.48. The zero-order valence-corrected chi connectivity index (χ0v) is 9.96. The summed E-state index contributed by atoms with van der Waals surface area (Å²) in [5.74, 6) is 5.84. The minimum Gasteiger partial charge on any atom is -0.308 e. The van der Waals surface area contributed by atoms with E-state index < -0.39 is 0 Å². The lowest BCUT2D eigenvalue weighted by atomic mass is 10.1. The van der Waals surface area contributed by atoms with Crippen molar-refractivity contribution in [3.63, 3.8) is 0 Å². The second-order valence-electron chi connectivity index (χ2n) is 4.58. The van der Waals surface area contributed by atoms with Crippen molar-refractivity contribution in [2.45, 2.75) is 46.3 Å². The summed E-state index contributed by atoms with van der Waals surface area (Å²) in [6.45, 7) is 9.82. The van der Waals surface area contributed by atoms with Gasteiger partial charge in [-0.1, -0.05) is 5.92 Å². The molecule has 0 aliphatic rings. The third-order valence-electron chi connectivity index (χ3n) is 1.93. The number of hydrogen-bond acceptors (Lipinski definition) is 2. The van der Waals surface area contributed by atoms with Crippen LogP contribution in [0.5, 0.6) is 0 Å². The standard InChI is InChI=1S/C12H19N3/c1-5-6-7-15-10-11(9-14-15)8-13-12(2,3)4/h9-10,13H,7-8H2,1-4H3. The van der Waals surface area contributed by atoms with E-state index in [1.54, 1.807) is 0 Å². The van der Waals surface area contributed by atoms with Gasteiger partial charge in [0.15, 0.2) is 0 Å². The molecular formula is C12H19N3. The number of aromatic nitrogens is 2. The Morgan fingerprint density at radius 1 is 1.47 bits per heavy atom. The summed E-state index contributed by atoms with van der Waals surface area (Å²) < 4.78 is 1.86. The fourth-order valence-corrected chi connectivity index (χ4v) is 1.11. The Morgan fingerprint density at radius 2 is 2.20 bits per heavy atom. The van der Waals surface area contributed by atoms with Crippen LogP contribution in [0.2, 0.25) is 0 Å². The summed E-state index contributed by atoms with van der Waals surface area (Å²) in [4.78, 5) is 0. The minimum absolute atomic E-state index is 0.144. The first-order valence-electron chi connectivity index (χ1n) is 5.17. The molecular weight excluding hydrogens is 186 g/mol. The van der Waals surface area contributed by atoms with Gasteiger partial charge in [0.05, 0.1) is 6.20 Å². The zero-order chi connectivity index (χ0) is 11.3. The Kier molecular flexibility index (Phi) is 3.93. The van der Waals surface area contributed by atoms with Gasteiger partial charge in [0.1, 0.15) is 6.54 Å². The third-order valence-corrected chi connectivity index (χ3v) is 1.93. The van der Waals surface area contributed by atoms with Gasteiger partial charge in [0.25, 0.3) is 0 Å². The van der Waals surface area contributed by atoms with Crippen LogP contribution in [0.3, 0.4) is 0 Å². The van der Waals surface area contributed by atoms with Crippen LogP contribution in [0, 0.1) is 11.8 Å².